The normalized spacial score (nSPS) is 1.43. The van der Waals surface area contributed by atoms with E-state index in [-0.39, 0.29) is 35.9 Å². The smallest absolute Gasteiger partial charge is 0 e. The zero-order valence-electron chi connectivity index (χ0n) is 2.03. The summed E-state index contributed by atoms with van der Waals surface area (Å²) in [5.74, 6) is 0. The van der Waals surface area contributed by atoms with Crippen molar-refractivity contribution in [2.75, 3.05) is 0 Å². The maximum atomic E-state index is 7.00. The zero-order valence-corrected chi connectivity index (χ0v) is 4.30. The first-order chi connectivity index (χ1) is 2.00. The van der Waals surface area contributed by atoms with Crippen LogP contribution in [0.1, 0.15) is 14.9 Å². The van der Waals surface area contributed by atoms with Gasteiger partial charge in [-0.15, -0.1) is 0 Å². The SMILES string of the molecule is C.C.O=O.OO.[Pt]. The Hall–Kier alpha value is 0.208. The molecule has 0 aliphatic rings. The predicted octanol–water partition coefficient (Wildman–Crippen LogP) is 1.35. The minimum Gasteiger partial charge on any atom is -0.255 e. The first-order valence-electron chi connectivity index (χ1n) is 0.367. The van der Waals surface area contributed by atoms with E-state index < -0.39 is 0 Å². The Labute approximate surface area is 57.0 Å². The third-order valence-electron chi connectivity index (χ3n) is 0. The molecule has 0 bridgehead atoms. The van der Waals surface area contributed by atoms with E-state index in [2.05, 4.69) is 0 Å². The summed E-state index contributed by atoms with van der Waals surface area (Å²) >= 11 is 0. The van der Waals surface area contributed by atoms with Crippen LogP contribution in [0.15, 0.2) is 0 Å². The molecule has 0 saturated carbocycles. The first-order valence-corrected chi connectivity index (χ1v) is 0.367. The Morgan fingerprint density at radius 2 is 0.857 bits per heavy atom. The Kier molecular flexibility index (Phi) is 31600. The average Bonchev–Trinajstić information content (AvgIpc) is 1.50. The van der Waals surface area contributed by atoms with Crippen LogP contribution >= 0.6 is 0 Å². The summed E-state index contributed by atoms with van der Waals surface area (Å²) in [6, 6.07) is 0. The summed E-state index contributed by atoms with van der Waals surface area (Å²) < 4.78 is 0. The molecule has 0 radical (unpaired) electrons. The Balaban J connectivity index is -0.00000000267. The Morgan fingerprint density at radius 1 is 0.857 bits per heavy atom. The standard InChI is InChI=1S/2CH4.H2O2.O2.Pt/c;;2*1-2;/h2*1H4;1-2H;;. The molecule has 0 saturated heterocycles. The largest absolute Gasteiger partial charge is 0.255 e. The minimum absolute atomic E-state index is 0. The van der Waals surface area contributed by atoms with E-state index in [4.69, 9.17) is 20.4 Å². The maximum absolute atomic E-state index is 7.00. The van der Waals surface area contributed by atoms with Crippen molar-refractivity contribution in [3.05, 3.63) is 9.93 Å². The van der Waals surface area contributed by atoms with Crippen molar-refractivity contribution in [1.29, 1.82) is 0 Å². The summed E-state index contributed by atoms with van der Waals surface area (Å²) in [5, 5.41) is 12.0. The van der Waals surface area contributed by atoms with Crippen LogP contribution < -0.4 is 0 Å². The van der Waals surface area contributed by atoms with Crippen LogP contribution in [0.25, 0.3) is 0 Å². The molecule has 2 N–H and O–H groups in total. The van der Waals surface area contributed by atoms with Gasteiger partial charge in [0.1, 0.15) is 0 Å². The van der Waals surface area contributed by atoms with Gasteiger partial charge in [-0.3, -0.25) is 10.5 Å². The monoisotopic (exact) mass is 293 g/mol. The van der Waals surface area contributed by atoms with E-state index in [0.717, 1.165) is 0 Å². The van der Waals surface area contributed by atoms with Crippen molar-refractivity contribution in [1.82, 2.24) is 0 Å². The van der Waals surface area contributed by atoms with Crippen LogP contribution in [0.5, 0.6) is 0 Å². The quantitative estimate of drug-likeness (QED) is 0.522. The van der Waals surface area contributed by atoms with Crippen LogP contribution in [0, 0.1) is 9.93 Å². The molecule has 0 spiro atoms. The van der Waals surface area contributed by atoms with Crippen molar-refractivity contribution in [2.24, 2.45) is 0 Å². The van der Waals surface area contributed by atoms with Crippen LogP contribution in [0.4, 0.5) is 0 Å². The Morgan fingerprint density at radius 3 is 0.857 bits per heavy atom. The van der Waals surface area contributed by atoms with E-state index in [9.17, 15) is 0 Å². The molecular weight excluding hydrogens is 283 g/mol. The van der Waals surface area contributed by atoms with Crippen LogP contribution in [0.2, 0.25) is 0 Å². The van der Waals surface area contributed by atoms with Crippen molar-refractivity contribution < 1.29 is 31.6 Å². The summed E-state index contributed by atoms with van der Waals surface area (Å²) in [6.45, 7) is 0. The molecule has 7 heavy (non-hydrogen) atoms. The van der Waals surface area contributed by atoms with Gasteiger partial charge in [0, 0.05) is 31.0 Å². The fourth-order valence-electron chi connectivity index (χ4n) is 0. The van der Waals surface area contributed by atoms with Crippen molar-refractivity contribution >= 4 is 0 Å². The molecule has 0 aromatic carbocycles. The maximum Gasteiger partial charge on any atom is 0 e. The molecular formula is C2H10O4Pt. The molecule has 0 aromatic rings. The molecule has 0 heterocycles. The molecule has 0 atom stereocenters. The first kappa shape index (κ1) is 57.0. The van der Waals surface area contributed by atoms with E-state index in [1.54, 1.807) is 0 Å². The molecule has 0 amide bonds. The molecule has 0 aliphatic carbocycles. The molecule has 0 unspecified atom stereocenters. The fourth-order valence-corrected chi connectivity index (χ4v) is 0. The van der Waals surface area contributed by atoms with Gasteiger partial charge in [0.2, 0.25) is 0 Å². The van der Waals surface area contributed by atoms with Crippen molar-refractivity contribution in [3.63, 3.8) is 0 Å². The van der Waals surface area contributed by atoms with Gasteiger partial charge in [-0.1, -0.05) is 14.9 Å². The van der Waals surface area contributed by atoms with Gasteiger partial charge in [-0.25, -0.2) is 0 Å². The number of rotatable bonds is 0. The van der Waals surface area contributed by atoms with E-state index in [0.29, 0.717) is 0 Å². The summed E-state index contributed by atoms with van der Waals surface area (Å²) in [6.07, 6.45) is 0. The van der Waals surface area contributed by atoms with Crippen molar-refractivity contribution in [3.8, 4) is 0 Å². The van der Waals surface area contributed by atoms with Crippen LogP contribution in [-0.2, 0) is 21.1 Å². The van der Waals surface area contributed by atoms with E-state index in [1.807, 2.05) is 0 Å². The van der Waals surface area contributed by atoms with Gasteiger partial charge >= 0.3 is 0 Å². The van der Waals surface area contributed by atoms with E-state index >= 15 is 0 Å². The molecule has 0 rings (SSSR count). The van der Waals surface area contributed by atoms with Crippen molar-refractivity contribution in [2.45, 2.75) is 14.9 Å². The summed E-state index contributed by atoms with van der Waals surface area (Å²) in [7, 11) is 0. The van der Waals surface area contributed by atoms with Gasteiger partial charge in [0.15, 0.2) is 0 Å². The summed E-state index contributed by atoms with van der Waals surface area (Å²) in [5.41, 5.74) is 0. The van der Waals surface area contributed by atoms with Gasteiger partial charge in [0.25, 0.3) is 0 Å². The second-order valence-electron chi connectivity index (χ2n) is 0. The number of hydrogen-bond donors (Lipinski definition) is 2. The molecule has 4 nitrogen and oxygen atoms in total. The molecule has 0 aliphatic heterocycles. The molecule has 0 aromatic heterocycles. The fraction of sp³-hybridized carbons (Fsp3) is 1.00. The molecule has 0 fully saturated rings. The van der Waals surface area contributed by atoms with Gasteiger partial charge in [0.05, 0.1) is 0 Å². The third kappa shape index (κ3) is 2530. The second-order valence-corrected chi connectivity index (χ2v) is 0. The number of hydrogen-bond acceptors (Lipinski definition) is 4. The second kappa shape index (κ2) is 3880. The van der Waals surface area contributed by atoms with Gasteiger partial charge < -0.3 is 0 Å². The summed E-state index contributed by atoms with van der Waals surface area (Å²) in [4.78, 5) is 14.0. The Bertz CT molecular complexity index is 9.65. The minimum atomic E-state index is 0. The topological polar surface area (TPSA) is 74.6 Å². The molecule has 5 heteroatoms. The van der Waals surface area contributed by atoms with Gasteiger partial charge in [-0.2, -0.15) is 0 Å². The zero-order chi connectivity index (χ0) is 4.00. The van der Waals surface area contributed by atoms with Crippen LogP contribution in [0.3, 0.4) is 0 Å². The third-order valence-corrected chi connectivity index (χ3v) is 0. The van der Waals surface area contributed by atoms with Crippen LogP contribution in [-0.4, -0.2) is 10.5 Å². The van der Waals surface area contributed by atoms with E-state index in [1.165, 1.54) is 0 Å². The predicted molar refractivity (Wildman–Crippen MR) is 25.5 cm³/mol. The molecule has 52 valence electrons. The van der Waals surface area contributed by atoms with Gasteiger partial charge in [-0.05, 0) is 0 Å². The average molecular weight is 293 g/mol.